The fourth-order valence-electron chi connectivity index (χ4n) is 4.88. The summed E-state index contributed by atoms with van der Waals surface area (Å²) in [5.74, 6) is -0.195. The van der Waals surface area contributed by atoms with Crippen LogP contribution in [0.25, 0.3) is 0 Å². The van der Waals surface area contributed by atoms with Gasteiger partial charge in [0.05, 0.1) is 36.2 Å². The molecule has 2 aromatic rings. The number of carbonyl (C=O) groups excluding carboxylic acids is 2. The van der Waals surface area contributed by atoms with Gasteiger partial charge in [-0.3, -0.25) is 13.9 Å². The van der Waals surface area contributed by atoms with Gasteiger partial charge in [-0.15, -0.1) is 0 Å². The van der Waals surface area contributed by atoms with Crippen molar-refractivity contribution in [1.82, 2.24) is 10.2 Å². The third kappa shape index (κ3) is 8.17. The first-order chi connectivity index (χ1) is 19.0. The predicted octanol–water partition coefficient (Wildman–Crippen LogP) is 5.03. The molecule has 1 saturated carbocycles. The molecule has 1 atom stereocenters. The van der Waals surface area contributed by atoms with E-state index < -0.39 is 28.5 Å². The zero-order valence-corrected chi connectivity index (χ0v) is 25.6. The molecule has 0 heterocycles. The summed E-state index contributed by atoms with van der Waals surface area (Å²) in [7, 11) is -1.09. The van der Waals surface area contributed by atoms with Crippen molar-refractivity contribution in [3.05, 3.63) is 52.0 Å². The molecule has 0 radical (unpaired) electrons. The van der Waals surface area contributed by atoms with Crippen molar-refractivity contribution < 1.29 is 27.5 Å². The number of methoxy groups -OCH3 is 2. The van der Waals surface area contributed by atoms with Crippen LogP contribution in [0.3, 0.4) is 0 Å². The fourth-order valence-corrected chi connectivity index (χ4v) is 6.05. The summed E-state index contributed by atoms with van der Waals surface area (Å²) in [6.07, 6.45) is 6.34. The van der Waals surface area contributed by atoms with E-state index in [2.05, 4.69) is 5.32 Å². The summed E-state index contributed by atoms with van der Waals surface area (Å²) in [4.78, 5) is 28.9. The van der Waals surface area contributed by atoms with Crippen molar-refractivity contribution in [3.8, 4) is 11.5 Å². The van der Waals surface area contributed by atoms with Gasteiger partial charge in [-0.1, -0.05) is 55.5 Å². The third-order valence-electron chi connectivity index (χ3n) is 7.01. The van der Waals surface area contributed by atoms with Crippen LogP contribution in [-0.4, -0.2) is 64.2 Å². The lowest BCUT2D eigenvalue weighted by Gasteiger charge is -2.34. The van der Waals surface area contributed by atoms with Crippen LogP contribution in [0.2, 0.25) is 10.0 Å². The lowest BCUT2D eigenvalue weighted by atomic mass is 9.95. The monoisotopic (exact) mass is 613 g/mol. The number of rotatable bonds is 12. The molecule has 1 fully saturated rings. The van der Waals surface area contributed by atoms with Gasteiger partial charge in [0.25, 0.3) is 0 Å². The van der Waals surface area contributed by atoms with Crippen molar-refractivity contribution in [2.75, 3.05) is 31.3 Å². The Morgan fingerprint density at radius 2 is 1.73 bits per heavy atom. The second-order valence-corrected chi connectivity index (χ2v) is 12.6. The van der Waals surface area contributed by atoms with Gasteiger partial charge in [-0.05, 0) is 49.1 Å². The summed E-state index contributed by atoms with van der Waals surface area (Å²) in [5.41, 5.74) is 0.795. The summed E-state index contributed by atoms with van der Waals surface area (Å²) in [6, 6.07) is 8.87. The Labute approximate surface area is 246 Å². The third-order valence-corrected chi connectivity index (χ3v) is 8.87. The highest BCUT2D eigenvalue weighted by Gasteiger charge is 2.33. The number of benzene rings is 2. The molecule has 0 unspecified atom stereocenters. The number of nitrogens with one attached hydrogen (secondary N) is 1. The Balaban J connectivity index is 1.99. The van der Waals surface area contributed by atoms with Crippen LogP contribution in [0.5, 0.6) is 11.5 Å². The Hall–Kier alpha value is -2.69. The molecule has 0 saturated heterocycles. The molecule has 3 rings (SSSR count). The Bertz CT molecular complexity index is 1300. The van der Waals surface area contributed by atoms with Crippen molar-refractivity contribution in [3.63, 3.8) is 0 Å². The van der Waals surface area contributed by atoms with Crippen LogP contribution in [-0.2, 0) is 26.2 Å². The maximum absolute atomic E-state index is 14.0. The average molecular weight is 615 g/mol. The highest BCUT2D eigenvalue weighted by Crippen LogP contribution is 2.34. The molecule has 1 N–H and O–H groups in total. The van der Waals surface area contributed by atoms with Crippen molar-refractivity contribution in [2.24, 2.45) is 0 Å². The number of nitrogens with zero attached hydrogens (tertiary/aromatic N) is 2. The number of hydrogen-bond donors (Lipinski definition) is 1. The summed E-state index contributed by atoms with van der Waals surface area (Å²) < 4.78 is 37.6. The Morgan fingerprint density at radius 1 is 1.02 bits per heavy atom. The van der Waals surface area contributed by atoms with E-state index in [1.807, 2.05) is 6.92 Å². The van der Waals surface area contributed by atoms with Crippen LogP contribution < -0.4 is 19.1 Å². The maximum atomic E-state index is 14.0. The maximum Gasteiger partial charge on any atom is 0.244 e. The molecule has 0 spiro atoms. The van der Waals surface area contributed by atoms with E-state index in [0.29, 0.717) is 27.8 Å². The van der Waals surface area contributed by atoms with Crippen LogP contribution >= 0.6 is 23.2 Å². The predicted molar refractivity (Wildman–Crippen MR) is 158 cm³/mol. The van der Waals surface area contributed by atoms with Crippen molar-refractivity contribution >= 4 is 50.7 Å². The normalized spacial score (nSPS) is 14.8. The molecular weight excluding hydrogens is 577 g/mol. The topological polar surface area (TPSA) is 105 Å². The lowest BCUT2D eigenvalue weighted by molar-refractivity contribution is -0.140. The molecule has 0 bridgehead atoms. The fraction of sp³-hybridized carbons (Fsp3) is 0.500. The molecule has 40 heavy (non-hydrogen) atoms. The molecule has 0 aromatic heterocycles. The first kappa shape index (κ1) is 31.8. The second-order valence-electron chi connectivity index (χ2n) is 9.85. The molecule has 1 aliphatic carbocycles. The number of ether oxygens (including phenoxy) is 2. The Kier molecular flexibility index (Phi) is 11.4. The van der Waals surface area contributed by atoms with Gasteiger partial charge in [0.1, 0.15) is 24.1 Å². The molecule has 9 nitrogen and oxygen atoms in total. The molecule has 12 heteroatoms. The molecule has 1 aliphatic rings. The van der Waals surface area contributed by atoms with Crippen LogP contribution in [0.15, 0.2) is 36.4 Å². The first-order valence-corrected chi connectivity index (χ1v) is 15.8. The summed E-state index contributed by atoms with van der Waals surface area (Å²) >= 11 is 12.3. The number of sulfonamides is 1. The second kappa shape index (κ2) is 14.3. The van der Waals surface area contributed by atoms with E-state index in [1.165, 1.54) is 25.2 Å². The largest absolute Gasteiger partial charge is 0.497 e. The number of carbonyl (C=O) groups is 2. The number of hydrogen-bond acceptors (Lipinski definition) is 6. The average Bonchev–Trinajstić information content (AvgIpc) is 2.93. The van der Waals surface area contributed by atoms with Crippen LogP contribution in [0, 0.1) is 0 Å². The van der Waals surface area contributed by atoms with Gasteiger partial charge in [0.2, 0.25) is 21.8 Å². The van der Waals surface area contributed by atoms with Gasteiger partial charge in [-0.2, -0.15) is 0 Å². The SMILES string of the molecule is CC[C@@H](C(=O)NC1CCCCC1)N(Cc1ccc(Cl)c(Cl)c1)C(=O)CN(c1cc(OC)ccc1OC)S(C)(=O)=O. The minimum absolute atomic E-state index is 0.0269. The zero-order chi connectivity index (χ0) is 29.4. The smallest absolute Gasteiger partial charge is 0.244 e. The summed E-state index contributed by atoms with van der Waals surface area (Å²) in [5, 5.41) is 3.78. The molecular formula is C28H37Cl2N3O6S. The van der Waals surface area contributed by atoms with Crippen molar-refractivity contribution in [2.45, 2.75) is 64.1 Å². The molecule has 0 aliphatic heterocycles. The molecule has 2 aromatic carbocycles. The highest BCUT2D eigenvalue weighted by molar-refractivity contribution is 7.92. The van der Waals surface area contributed by atoms with Crippen LogP contribution in [0.4, 0.5) is 5.69 Å². The van der Waals surface area contributed by atoms with E-state index in [1.54, 1.807) is 30.3 Å². The minimum atomic E-state index is -3.95. The van der Waals surface area contributed by atoms with E-state index in [4.69, 9.17) is 32.7 Å². The zero-order valence-electron chi connectivity index (χ0n) is 23.3. The lowest BCUT2D eigenvalue weighted by Crippen LogP contribution is -2.54. The van der Waals surface area contributed by atoms with E-state index in [0.717, 1.165) is 42.7 Å². The minimum Gasteiger partial charge on any atom is -0.497 e. The number of amides is 2. The molecule has 220 valence electrons. The number of anilines is 1. The van der Waals surface area contributed by atoms with Crippen LogP contribution in [0.1, 0.15) is 51.0 Å². The first-order valence-electron chi connectivity index (χ1n) is 13.2. The summed E-state index contributed by atoms with van der Waals surface area (Å²) in [6.45, 7) is 1.29. The highest BCUT2D eigenvalue weighted by atomic mass is 35.5. The Morgan fingerprint density at radius 3 is 2.30 bits per heavy atom. The van der Waals surface area contributed by atoms with Gasteiger partial charge < -0.3 is 19.7 Å². The van der Waals surface area contributed by atoms with Gasteiger partial charge in [0.15, 0.2) is 0 Å². The standard InChI is InChI=1S/C28H37Cl2N3O6S/c1-5-24(28(35)31-20-9-7-6-8-10-20)32(17-19-11-13-22(29)23(30)15-19)27(34)18-33(40(4,36)37)25-16-21(38-2)12-14-26(25)39-3/h11-16,20,24H,5-10,17-18H2,1-4H3,(H,31,35)/t24-/m0/s1. The quantitative estimate of drug-likeness (QED) is 0.360. The van der Waals surface area contributed by atoms with E-state index in [-0.39, 0.29) is 29.9 Å². The number of halogens is 2. The van der Waals surface area contributed by atoms with Crippen molar-refractivity contribution in [1.29, 1.82) is 0 Å². The van der Waals surface area contributed by atoms with Gasteiger partial charge in [0, 0.05) is 18.7 Å². The van der Waals surface area contributed by atoms with Gasteiger partial charge in [-0.25, -0.2) is 8.42 Å². The van der Waals surface area contributed by atoms with E-state index in [9.17, 15) is 18.0 Å². The van der Waals surface area contributed by atoms with Gasteiger partial charge >= 0.3 is 0 Å². The molecule has 2 amide bonds. The van der Waals surface area contributed by atoms with E-state index >= 15 is 0 Å².